The monoisotopic (exact) mass is 498 g/mol. The zero-order valence-corrected chi connectivity index (χ0v) is 19.0. The number of halogens is 1. The van der Waals surface area contributed by atoms with Gasteiger partial charge in [-0.05, 0) is 43.2 Å². The quantitative estimate of drug-likeness (QED) is 0.300. The van der Waals surface area contributed by atoms with E-state index in [1.165, 1.54) is 32.1 Å². The molecule has 3 aliphatic rings. The third kappa shape index (κ3) is 4.39. The Morgan fingerprint density at radius 1 is 1.25 bits per heavy atom. The van der Waals surface area contributed by atoms with Gasteiger partial charge >= 0.3 is 0 Å². The van der Waals surface area contributed by atoms with Crippen molar-refractivity contribution in [2.24, 2.45) is 10.4 Å². The van der Waals surface area contributed by atoms with Crippen molar-refractivity contribution < 1.29 is 9.53 Å². The predicted molar refractivity (Wildman–Crippen MR) is 123 cm³/mol. The predicted octanol–water partition coefficient (Wildman–Crippen LogP) is 3.26. The van der Waals surface area contributed by atoms with Gasteiger partial charge in [0.05, 0.1) is 5.69 Å². The summed E-state index contributed by atoms with van der Waals surface area (Å²) in [4.78, 5) is 21.0. The number of guanidine groups is 1. The van der Waals surface area contributed by atoms with Gasteiger partial charge in [-0.15, -0.1) is 24.0 Å². The second-order valence-electron chi connectivity index (χ2n) is 8.01. The van der Waals surface area contributed by atoms with E-state index in [0.29, 0.717) is 12.0 Å². The Kier molecular flexibility index (Phi) is 7.06. The third-order valence-electron chi connectivity index (χ3n) is 6.26. The first kappa shape index (κ1) is 21.2. The molecule has 1 N–H and O–H groups in total. The van der Waals surface area contributed by atoms with E-state index in [9.17, 15) is 4.79 Å². The van der Waals surface area contributed by atoms with Gasteiger partial charge in [0.25, 0.3) is 5.91 Å². The van der Waals surface area contributed by atoms with Crippen molar-refractivity contribution in [2.45, 2.75) is 38.5 Å². The van der Waals surface area contributed by atoms with Crippen molar-refractivity contribution in [3.05, 3.63) is 24.3 Å². The highest BCUT2D eigenvalue weighted by molar-refractivity contribution is 14.0. The van der Waals surface area contributed by atoms with E-state index in [2.05, 4.69) is 15.2 Å². The fraction of sp³-hybridized carbons (Fsp3) is 0.619. The minimum Gasteiger partial charge on any atom is -0.482 e. The molecule has 0 radical (unpaired) electrons. The molecule has 154 valence electrons. The number of carbonyl (C=O) groups excluding carboxylic acids is 1. The fourth-order valence-corrected chi connectivity index (χ4v) is 4.82. The lowest BCUT2D eigenvalue weighted by atomic mass is 9.86. The van der Waals surface area contributed by atoms with Crippen LogP contribution in [0.2, 0.25) is 0 Å². The fourth-order valence-electron chi connectivity index (χ4n) is 4.82. The first-order valence-corrected chi connectivity index (χ1v) is 10.2. The summed E-state index contributed by atoms with van der Waals surface area (Å²) in [7, 11) is 1.86. The summed E-state index contributed by atoms with van der Waals surface area (Å²) in [6.45, 7) is 3.87. The third-order valence-corrected chi connectivity index (χ3v) is 6.26. The zero-order chi connectivity index (χ0) is 18.7. The molecule has 2 aliphatic heterocycles. The molecule has 1 aliphatic carbocycles. The second kappa shape index (κ2) is 9.33. The number of ether oxygens (including phenoxy) is 1. The second-order valence-corrected chi connectivity index (χ2v) is 8.01. The van der Waals surface area contributed by atoms with Gasteiger partial charge in [0.1, 0.15) is 5.75 Å². The SMILES string of the molecule is CN=C(NCCCN1C(=O)COc2ccccc21)N1CCC2(CCCC2)C1.I. The molecule has 1 aromatic carbocycles. The van der Waals surface area contributed by atoms with E-state index >= 15 is 0 Å². The van der Waals surface area contributed by atoms with E-state index < -0.39 is 0 Å². The molecule has 2 fully saturated rings. The molecule has 0 unspecified atom stereocenters. The van der Waals surface area contributed by atoms with Gasteiger partial charge < -0.3 is 19.9 Å². The molecule has 0 atom stereocenters. The number of para-hydroxylation sites is 2. The van der Waals surface area contributed by atoms with Crippen molar-refractivity contribution in [1.29, 1.82) is 0 Å². The molecule has 2 heterocycles. The van der Waals surface area contributed by atoms with Crippen molar-refractivity contribution in [1.82, 2.24) is 10.2 Å². The minimum atomic E-state index is 0. The van der Waals surface area contributed by atoms with Crippen LogP contribution in [0.1, 0.15) is 38.5 Å². The van der Waals surface area contributed by atoms with Crippen LogP contribution >= 0.6 is 24.0 Å². The standard InChI is InChI=1S/C21H30N4O2.HI/c1-22-20(24-14-11-21(16-24)9-4-5-10-21)23-12-6-13-25-17-7-2-3-8-18(17)27-15-19(25)26;/h2-3,7-8H,4-6,9-16H2,1H3,(H,22,23);1H. The molecule has 1 saturated carbocycles. The number of rotatable bonds is 4. The molecule has 6 nitrogen and oxygen atoms in total. The van der Waals surface area contributed by atoms with Gasteiger partial charge in [-0.1, -0.05) is 25.0 Å². The number of benzene rings is 1. The molecule has 1 spiro atoms. The normalized spacial score (nSPS) is 20.8. The molecule has 0 bridgehead atoms. The number of carbonyl (C=O) groups is 1. The maximum Gasteiger partial charge on any atom is 0.265 e. The summed E-state index contributed by atoms with van der Waals surface area (Å²) >= 11 is 0. The molecule has 7 heteroatoms. The molecule has 1 saturated heterocycles. The topological polar surface area (TPSA) is 57.2 Å². The van der Waals surface area contributed by atoms with Crippen LogP contribution in [0, 0.1) is 5.41 Å². The van der Waals surface area contributed by atoms with Gasteiger partial charge in [-0.25, -0.2) is 0 Å². The average Bonchev–Trinajstić information content (AvgIpc) is 3.33. The van der Waals surface area contributed by atoms with Crippen LogP contribution in [0.5, 0.6) is 5.75 Å². The van der Waals surface area contributed by atoms with Crippen LogP contribution in [0.25, 0.3) is 0 Å². The van der Waals surface area contributed by atoms with E-state index in [1.807, 2.05) is 36.2 Å². The number of nitrogens with one attached hydrogen (secondary N) is 1. The van der Waals surface area contributed by atoms with Gasteiger partial charge in [0, 0.05) is 33.2 Å². The van der Waals surface area contributed by atoms with E-state index in [0.717, 1.165) is 43.5 Å². The first-order valence-electron chi connectivity index (χ1n) is 10.2. The lowest BCUT2D eigenvalue weighted by Gasteiger charge is -2.29. The van der Waals surface area contributed by atoms with Crippen LogP contribution in [-0.2, 0) is 4.79 Å². The highest BCUT2D eigenvalue weighted by Gasteiger charge is 2.41. The number of likely N-dealkylation sites (tertiary alicyclic amines) is 1. The van der Waals surface area contributed by atoms with Gasteiger partial charge in [-0.3, -0.25) is 9.79 Å². The molecule has 0 aromatic heterocycles. The molecule has 4 rings (SSSR count). The summed E-state index contributed by atoms with van der Waals surface area (Å²) in [5.41, 5.74) is 1.42. The number of hydrogen-bond acceptors (Lipinski definition) is 3. The van der Waals surface area contributed by atoms with Crippen molar-refractivity contribution in [3.63, 3.8) is 0 Å². The number of aliphatic imine (C=N–C) groups is 1. The number of amides is 1. The van der Waals surface area contributed by atoms with Gasteiger partial charge in [0.15, 0.2) is 12.6 Å². The van der Waals surface area contributed by atoms with Gasteiger partial charge in [-0.2, -0.15) is 0 Å². The largest absolute Gasteiger partial charge is 0.482 e. The zero-order valence-electron chi connectivity index (χ0n) is 16.7. The van der Waals surface area contributed by atoms with E-state index in [1.54, 1.807) is 0 Å². The van der Waals surface area contributed by atoms with E-state index in [4.69, 9.17) is 4.74 Å². The molecule has 1 amide bonds. The Labute approximate surface area is 184 Å². The number of hydrogen-bond donors (Lipinski definition) is 1. The summed E-state index contributed by atoms with van der Waals surface area (Å²) in [6.07, 6.45) is 7.69. The van der Waals surface area contributed by atoms with Crippen LogP contribution < -0.4 is 15.0 Å². The average molecular weight is 498 g/mol. The first-order chi connectivity index (χ1) is 13.2. The number of fused-ring (bicyclic) bond motifs is 1. The van der Waals surface area contributed by atoms with Crippen molar-refractivity contribution >= 4 is 41.5 Å². The maximum atomic E-state index is 12.2. The maximum absolute atomic E-state index is 12.2. The smallest absolute Gasteiger partial charge is 0.265 e. The Morgan fingerprint density at radius 2 is 2.04 bits per heavy atom. The van der Waals surface area contributed by atoms with Crippen LogP contribution in [0.15, 0.2) is 29.3 Å². The van der Waals surface area contributed by atoms with Crippen LogP contribution in [0.3, 0.4) is 0 Å². The lowest BCUT2D eigenvalue weighted by Crippen LogP contribution is -2.43. The Bertz CT molecular complexity index is 718. The summed E-state index contributed by atoms with van der Waals surface area (Å²) in [5, 5.41) is 3.50. The number of anilines is 1. The van der Waals surface area contributed by atoms with Crippen LogP contribution in [-0.4, -0.2) is 56.6 Å². The molecule has 1 aromatic rings. The van der Waals surface area contributed by atoms with Crippen LogP contribution in [0.4, 0.5) is 5.69 Å². The Hall–Kier alpha value is -1.51. The molecular formula is C21H31IN4O2. The summed E-state index contributed by atoms with van der Waals surface area (Å²) in [6, 6.07) is 7.75. The highest BCUT2D eigenvalue weighted by Crippen LogP contribution is 2.45. The summed E-state index contributed by atoms with van der Waals surface area (Å²) in [5.74, 6) is 1.83. The highest BCUT2D eigenvalue weighted by atomic mass is 127. The minimum absolute atomic E-state index is 0. The van der Waals surface area contributed by atoms with Crippen molar-refractivity contribution in [3.8, 4) is 5.75 Å². The van der Waals surface area contributed by atoms with E-state index in [-0.39, 0.29) is 36.5 Å². The molecule has 28 heavy (non-hydrogen) atoms. The Morgan fingerprint density at radius 3 is 2.82 bits per heavy atom. The van der Waals surface area contributed by atoms with Gasteiger partial charge in [0.2, 0.25) is 0 Å². The Balaban J connectivity index is 0.00000225. The van der Waals surface area contributed by atoms with Crippen molar-refractivity contribution in [2.75, 3.05) is 44.7 Å². The number of nitrogens with zero attached hydrogens (tertiary/aromatic N) is 3. The summed E-state index contributed by atoms with van der Waals surface area (Å²) < 4.78 is 5.51. The molecular weight excluding hydrogens is 467 g/mol. The lowest BCUT2D eigenvalue weighted by molar-refractivity contribution is -0.121.